The molecule has 0 saturated carbocycles. The molecule has 0 atom stereocenters. The molecule has 6 nitrogen and oxygen atoms in total. The van der Waals surface area contributed by atoms with E-state index < -0.39 is 0 Å². The van der Waals surface area contributed by atoms with Crippen LogP contribution in [-0.2, 0) is 6.54 Å². The third-order valence-electron chi connectivity index (χ3n) is 3.69. The van der Waals surface area contributed by atoms with Gasteiger partial charge in [-0.05, 0) is 23.8 Å². The first-order valence-corrected chi connectivity index (χ1v) is 7.46. The number of imidazole rings is 1. The zero-order chi connectivity index (χ0) is 16.4. The topological polar surface area (TPSA) is 77.0 Å². The van der Waals surface area contributed by atoms with Gasteiger partial charge in [0.05, 0.1) is 6.33 Å². The summed E-state index contributed by atoms with van der Waals surface area (Å²) < 4.78 is 7.34. The Labute approximate surface area is 138 Å². The Morgan fingerprint density at radius 2 is 2.00 bits per heavy atom. The van der Waals surface area contributed by atoms with Crippen LogP contribution < -0.4 is 0 Å². The fourth-order valence-corrected chi connectivity index (χ4v) is 2.47. The molecular formula is C18H14N4O2. The maximum absolute atomic E-state index is 9.90. The number of pyridine rings is 1. The van der Waals surface area contributed by atoms with Crippen LogP contribution >= 0.6 is 0 Å². The molecule has 6 heteroatoms. The third-order valence-corrected chi connectivity index (χ3v) is 3.69. The van der Waals surface area contributed by atoms with E-state index in [0.29, 0.717) is 29.3 Å². The Kier molecular flexibility index (Phi) is 3.55. The first kappa shape index (κ1) is 14.2. The van der Waals surface area contributed by atoms with E-state index in [0.717, 1.165) is 5.56 Å². The fourth-order valence-electron chi connectivity index (χ4n) is 2.47. The number of phenols is 1. The Balaban J connectivity index is 1.57. The molecule has 4 aromatic rings. The number of benzene rings is 1. The van der Waals surface area contributed by atoms with Gasteiger partial charge in [-0.1, -0.05) is 23.4 Å². The van der Waals surface area contributed by atoms with E-state index in [1.165, 1.54) is 0 Å². The maximum atomic E-state index is 9.90. The minimum Gasteiger partial charge on any atom is -0.507 e. The maximum Gasteiger partial charge on any atom is 0.185 e. The first-order chi connectivity index (χ1) is 11.8. The SMILES string of the molecule is Oc1ccccc1-c1cc(-c2ccc(Cn3ccnc3)cn2)on1. The number of hydrogen-bond donors (Lipinski definition) is 1. The molecule has 0 radical (unpaired) electrons. The van der Waals surface area contributed by atoms with E-state index in [-0.39, 0.29) is 5.75 Å². The molecule has 0 aliphatic heterocycles. The van der Waals surface area contributed by atoms with Gasteiger partial charge in [-0.15, -0.1) is 0 Å². The van der Waals surface area contributed by atoms with Crippen molar-refractivity contribution in [3.05, 3.63) is 72.9 Å². The minimum atomic E-state index is 0.168. The average molecular weight is 318 g/mol. The molecule has 0 saturated heterocycles. The summed E-state index contributed by atoms with van der Waals surface area (Å²) in [5.74, 6) is 0.725. The summed E-state index contributed by atoms with van der Waals surface area (Å²) >= 11 is 0. The Hall–Kier alpha value is -3.41. The monoisotopic (exact) mass is 318 g/mol. The molecule has 118 valence electrons. The van der Waals surface area contributed by atoms with Crippen LogP contribution in [-0.4, -0.2) is 24.8 Å². The van der Waals surface area contributed by atoms with Crippen molar-refractivity contribution in [2.24, 2.45) is 0 Å². The number of nitrogens with zero attached hydrogens (tertiary/aromatic N) is 4. The zero-order valence-electron chi connectivity index (χ0n) is 12.7. The predicted octanol–water partition coefficient (Wildman–Crippen LogP) is 3.35. The van der Waals surface area contributed by atoms with E-state index in [1.807, 2.05) is 29.0 Å². The molecule has 24 heavy (non-hydrogen) atoms. The van der Waals surface area contributed by atoms with Gasteiger partial charge in [0.25, 0.3) is 0 Å². The third kappa shape index (κ3) is 2.77. The average Bonchev–Trinajstić information content (AvgIpc) is 3.28. The predicted molar refractivity (Wildman–Crippen MR) is 88.2 cm³/mol. The lowest BCUT2D eigenvalue weighted by atomic mass is 10.1. The standard InChI is InChI=1S/C18H14N4O2/c23-17-4-2-1-3-14(17)16-9-18(24-21-16)15-6-5-13(10-20-15)11-22-8-7-19-12-22/h1-10,12,23H,11H2. The van der Waals surface area contributed by atoms with Crippen molar-refractivity contribution >= 4 is 0 Å². The normalized spacial score (nSPS) is 10.8. The minimum absolute atomic E-state index is 0.168. The number of hydrogen-bond acceptors (Lipinski definition) is 5. The number of aromatic nitrogens is 4. The van der Waals surface area contributed by atoms with E-state index in [4.69, 9.17) is 4.52 Å². The molecule has 4 rings (SSSR count). The second kappa shape index (κ2) is 6.00. The lowest BCUT2D eigenvalue weighted by Gasteiger charge is -2.02. The smallest absolute Gasteiger partial charge is 0.185 e. The van der Waals surface area contributed by atoms with Crippen molar-refractivity contribution in [2.75, 3.05) is 0 Å². The Morgan fingerprint density at radius 3 is 2.75 bits per heavy atom. The highest BCUT2D eigenvalue weighted by Gasteiger charge is 2.12. The summed E-state index contributed by atoms with van der Waals surface area (Å²) in [6, 6.07) is 12.7. The van der Waals surface area contributed by atoms with Crippen LogP contribution in [0.15, 0.2) is 71.9 Å². The van der Waals surface area contributed by atoms with Crippen molar-refractivity contribution in [3.63, 3.8) is 0 Å². The molecule has 0 aliphatic carbocycles. The molecule has 0 bridgehead atoms. The molecule has 3 heterocycles. The zero-order valence-corrected chi connectivity index (χ0v) is 12.7. The van der Waals surface area contributed by atoms with Crippen molar-refractivity contribution < 1.29 is 9.63 Å². The molecule has 3 aromatic heterocycles. The summed E-state index contributed by atoms with van der Waals surface area (Å²) in [5.41, 5.74) is 2.97. The molecular weight excluding hydrogens is 304 g/mol. The molecule has 0 spiro atoms. The summed E-state index contributed by atoms with van der Waals surface area (Å²) in [7, 11) is 0. The van der Waals surface area contributed by atoms with Crippen molar-refractivity contribution in [3.8, 4) is 28.5 Å². The van der Waals surface area contributed by atoms with Crippen molar-refractivity contribution in [1.29, 1.82) is 0 Å². The van der Waals surface area contributed by atoms with Gasteiger partial charge in [-0.25, -0.2) is 4.98 Å². The van der Waals surface area contributed by atoms with Gasteiger partial charge in [0, 0.05) is 36.8 Å². The number of rotatable bonds is 4. The van der Waals surface area contributed by atoms with Gasteiger partial charge in [0.15, 0.2) is 5.76 Å². The molecule has 1 aromatic carbocycles. The van der Waals surface area contributed by atoms with Gasteiger partial charge in [0.1, 0.15) is 17.1 Å². The highest BCUT2D eigenvalue weighted by atomic mass is 16.5. The fraction of sp³-hybridized carbons (Fsp3) is 0.0556. The second-order valence-electron chi connectivity index (χ2n) is 5.38. The van der Waals surface area contributed by atoms with Gasteiger partial charge in [0.2, 0.25) is 0 Å². The van der Waals surface area contributed by atoms with Crippen molar-refractivity contribution in [1.82, 2.24) is 19.7 Å². The number of phenolic OH excluding ortho intramolecular Hbond substituents is 1. The summed E-state index contributed by atoms with van der Waals surface area (Å²) in [5, 5.41) is 13.9. The molecule has 0 aliphatic rings. The van der Waals surface area contributed by atoms with E-state index in [2.05, 4.69) is 15.1 Å². The molecule has 0 amide bonds. The first-order valence-electron chi connectivity index (χ1n) is 7.46. The highest BCUT2D eigenvalue weighted by Crippen LogP contribution is 2.30. The highest BCUT2D eigenvalue weighted by molar-refractivity contribution is 5.69. The Morgan fingerprint density at radius 1 is 1.08 bits per heavy atom. The van der Waals surface area contributed by atoms with Crippen LogP contribution in [0.25, 0.3) is 22.7 Å². The largest absolute Gasteiger partial charge is 0.507 e. The molecule has 0 fully saturated rings. The van der Waals surface area contributed by atoms with Gasteiger partial charge in [-0.2, -0.15) is 0 Å². The molecule has 0 unspecified atom stereocenters. The van der Waals surface area contributed by atoms with Crippen molar-refractivity contribution in [2.45, 2.75) is 6.54 Å². The van der Waals surface area contributed by atoms with Crippen LogP contribution in [0.1, 0.15) is 5.56 Å². The Bertz CT molecular complexity index is 943. The number of para-hydroxylation sites is 1. The lowest BCUT2D eigenvalue weighted by Crippen LogP contribution is -1.97. The molecule has 1 N–H and O–H groups in total. The van der Waals surface area contributed by atoms with E-state index in [9.17, 15) is 5.11 Å². The van der Waals surface area contributed by atoms with Gasteiger partial charge < -0.3 is 14.2 Å². The quantitative estimate of drug-likeness (QED) is 0.624. The summed E-state index contributed by atoms with van der Waals surface area (Å²) in [4.78, 5) is 8.45. The summed E-state index contributed by atoms with van der Waals surface area (Å²) in [6.45, 7) is 0.715. The van der Waals surface area contributed by atoms with Crippen LogP contribution in [0.2, 0.25) is 0 Å². The van der Waals surface area contributed by atoms with E-state index in [1.54, 1.807) is 43.0 Å². The second-order valence-corrected chi connectivity index (χ2v) is 5.38. The summed E-state index contributed by atoms with van der Waals surface area (Å²) in [6.07, 6.45) is 7.22. The lowest BCUT2D eigenvalue weighted by molar-refractivity contribution is 0.432. The van der Waals surface area contributed by atoms with Gasteiger partial charge in [-0.3, -0.25) is 4.98 Å². The van der Waals surface area contributed by atoms with Crippen LogP contribution in [0.3, 0.4) is 0 Å². The van der Waals surface area contributed by atoms with Crippen LogP contribution in [0, 0.1) is 0 Å². The number of aromatic hydroxyl groups is 1. The van der Waals surface area contributed by atoms with E-state index >= 15 is 0 Å². The van der Waals surface area contributed by atoms with Crippen LogP contribution in [0.5, 0.6) is 5.75 Å². The van der Waals surface area contributed by atoms with Gasteiger partial charge >= 0.3 is 0 Å². The van der Waals surface area contributed by atoms with Crippen LogP contribution in [0.4, 0.5) is 0 Å².